The summed E-state index contributed by atoms with van der Waals surface area (Å²) in [5, 5.41) is 8.59. The molecule has 0 bridgehead atoms. The lowest BCUT2D eigenvalue weighted by Gasteiger charge is -2.05. The highest BCUT2D eigenvalue weighted by Crippen LogP contribution is 2.33. The second kappa shape index (κ2) is 4.00. The molecule has 1 atom stereocenters. The molecular weight excluding hydrogens is 216 g/mol. The third-order valence-corrected chi connectivity index (χ3v) is 2.34. The summed E-state index contributed by atoms with van der Waals surface area (Å²) in [5.41, 5.74) is 0.477. The lowest BCUT2D eigenvalue weighted by Crippen LogP contribution is -1.88. The fraction of sp³-hybridized carbons (Fsp3) is 0.125. The first-order valence-corrected chi connectivity index (χ1v) is 4.33. The summed E-state index contributed by atoms with van der Waals surface area (Å²) in [4.78, 5) is 0. The van der Waals surface area contributed by atoms with Crippen molar-refractivity contribution in [2.45, 2.75) is 5.38 Å². The number of hydrogen-bond donors (Lipinski definition) is 0. The van der Waals surface area contributed by atoms with Crippen LogP contribution in [0.4, 0.5) is 0 Å². The molecule has 0 radical (unpaired) electrons. The molecule has 0 saturated carbocycles. The first-order chi connectivity index (χ1) is 5.66. The summed E-state index contributed by atoms with van der Waals surface area (Å²) in [6.07, 6.45) is 0. The van der Waals surface area contributed by atoms with E-state index >= 15 is 0 Å². The van der Waals surface area contributed by atoms with Crippen LogP contribution in [0.5, 0.6) is 0 Å². The van der Waals surface area contributed by atoms with Crippen LogP contribution in [0.3, 0.4) is 0 Å². The molecule has 0 amide bonds. The van der Waals surface area contributed by atoms with Crippen molar-refractivity contribution in [3.05, 3.63) is 33.8 Å². The Morgan fingerprint density at radius 3 is 2.17 bits per heavy atom. The van der Waals surface area contributed by atoms with E-state index in [0.29, 0.717) is 15.6 Å². The predicted molar refractivity (Wildman–Crippen MR) is 50.7 cm³/mol. The van der Waals surface area contributed by atoms with Crippen molar-refractivity contribution in [2.24, 2.45) is 0 Å². The van der Waals surface area contributed by atoms with Crippen LogP contribution in [0.2, 0.25) is 10.0 Å². The number of benzene rings is 1. The van der Waals surface area contributed by atoms with Crippen LogP contribution in [-0.4, -0.2) is 0 Å². The Kier molecular flexibility index (Phi) is 3.22. The zero-order chi connectivity index (χ0) is 9.14. The molecule has 1 rings (SSSR count). The second-order valence-corrected chi connectivity index (χ2v) is 3.38. The van der Waals surface area contributed by atoms with E-state index in [1.54, 1.807) is 18.2 Å². The van der Waals surface area contributed by atoms with Gasteiger partial charge in [0.15, 0.2) is 0 Å². The number of rotatable bonds is 1. The quantitative estimate of drug-likeness (QED) is 0.661. The van der Waals surface area contributed by atoms with E-state index < -0.39 is 5.38 Å². The SMILES string of the molecule is N#C[C@H](Cl)c1c(Cl)cccc1Cl. The topological polar surface area (TPSA) is 23.8 Å². The molecule has 12 heavy (non-hydrogen) atoms. The van der Waals surface area contributed by atoms with Crippen LogP contribution >= 0.6 is 34.8 Å². The normalized spacial score (nSPS) is 12.2. The molecule has 0 unspecified atom stereocenters. The van der Waals surface area contributed by atoms with Crippen molar-refractivity contribution in [1.29, 1.82) is 5.26 Å². The maximum Gasteiger partial charge on any atom is 0.148 e. The molecule has 0 aliphatic heterocycles. The van der Waals surface area contributed by atoms with E-state index in [1.807, 2.05) is 6.07 Å². The van der Waals surface area contributed by atoms with Gasteiger partial charge in [-0.2, -0.15) is 5.26 Å². The Morgan fingerprint density at radius 2 is 1.75 bits per heavy atom. The first-order valence-electron chi connectivity index (χ1n) is 3.14. The van der Waals surface area contributed by atoms with Crippen LogP contribution < -0.4 is 0 Å². The average molecular weight is 220 g/mol. The van der Waals surface area contributed by atoms with Gasteiger partial charge in [-0.3, -0.25) is 0 Å². The lowest BCUT2D eigenvalue weighted by atomic mass is 10.1. The molecule has 4 heteroatoms. The molecule has 0 heterocycles. The minimum atomic E-state index is -0.786. The Hall–Kier alpha value is -0.420. The van der Waals surface area contributed by atoms with E-state index in [-0.39, 0.29) is 0 Å². The molecule has 0 aliphatic carbocycles. The van der Waals surface area contributed by atoms with Gasteiger partial charge in [0.1, 0.15) is 5.38 Å². The summed E-state index contributed by atoms with van der Waals surface area (Å²) in [7, 11) is 0. The Morgan fingerprint density at radius 1 is 1.25 bits per heavy atom. The monoisotopic (exact) mass is 219 g/mol. The second-order valence-electron chi connectivity index (χ2n) is 2.13. The van der Waals surface area contributed by atoms with E-state index in [0.717, 1.165) is 0 Å². The molecule has 1 aromatic carbocycles. The van der Waals surface area contributed by atoms with Crippen LogP contribution in [0.15, 0.2) is 18.2 Å². The highest BCUT2D eigenvalue weighted by Gasteiger charge is 2.13. The fourth-order valence-corrected chi connectivity index (χ4v) is 1.78. The van der Waals surface area contributed by atoms with E-state index in [9.17, 15) is 0 Å². The Bertz CT molecular complexity index is 309. The molecule has 0 aliphatic rings. The fourth-order valence-electron chi connectivity index (χ4n) is 0.817. The number of hydrogen-bond acceptors (Lipinski definition) is 1. The molecule has 1 aromatic rings. The summed E-state index contributed by atoms with van der Waals surface area (Å²) >= 11 is 17.2. The lowest BCUT2D eigenvalue weighted by molar-refractivity contribution is 1.21. The van der Waals surface area contributed by atoms with Crippen molar-refractivity contribution in [1.82, 2.24) is 0 Å². The van der Waals surface area contributed by atoms with Gasteiger partial charge in [0.05, 0.1) is 6.07 Å². The molecule has 0 fully saturated rings. The maximum atomic E-state index is 8.54. The van der Waals surface area contributed by atoms with Crippen LogP contribution in [0.25, 0.3) is 0 Å². The maximum absolute atomic E-state index is 8.54. The van der Waals surface area contributed by atoms with E-state index in [1.165, 1.54) is 0 Å². The average Bonchev–Trinajstić information content (AvgIpc) is 2.03. The molecule has 0 saturated heterocycles. The predicted octanol–water partition coefficient (Wildman–Crippen LogP) is 3.80. The summed E-state index contributed by atoms with van der Waals surface area (Å²) in [6.45, 7) is 0. The molecule has 0 aromatic heterocycles. The minimum absolute atomic E-state index is 0.420. The van der Waals surface area contributed by atoms with Gasteiger partial charge in [-0.1, -0.05) is 29.3 Å². The number of nitrogens with zero attached hydrogens (tertiary/aromatic N) is 1. The highest BCUT2D eigenvalue weighted by atomic mass is 35.5. The standard InChI is InChI=1S/C8H4Cl3N/c9-5-2-1-3-6(10)8(5)7(11)4-12/h1-3,7H/t7-/m0/s1. The van der Waals surface area contributed by atoms with Gasteiger partial charge in [-0.25, -0.2) is 0 Å². The van der Waals surface area contributed by atoms with Gasteiger partial charge < -0.3 is 0 Å². The molecule has 0 N–H and O–H groups in total. The van der Waals surface area contributed by atoms with Gasteiger partial charge in [-0.05, 0) is 12.1 Å². The number of nitriles is 1. The molecule has 62 valence electrons. The van der Waals surface area contributed by atoms with Crippen molar-refractivity contribution >= 4 is 34.8 Å². The van der Waals surface area contributed by atoms with E-state index in [2.05, 4.69) is 0 Å². The van der Waals surface area contributed by atoms with Gasteiger partial charge in [0.2, 0.25) is 0 Å². The zero-order valence-electron chi connectivity index (χ0n) is 5.89. The van der Waals surface area contributed by atoms with Gasteiger partial charge in [0, 0.05) is 15.6 Å². The minimum Gasteiger partial charge on any atom is -0.196 e. The van der Waals surface area contributed by atoms with E-state index in [4.69, 9.17) is 40.1 Å². The van der Waals surface area contributed by atoms with Crippen LogP contribution in [0.1, 0.15) is 10.9 Å². The van der Waals surface area contributed by atoms with Crippen molar-refractivity contribution in [2.75, 3.05) is 0 Å². The molecule has 1 nitrogen and oxygen atoms in total. The Balaban J connectivity index is 3.23. The molecular formula is C8H4Cl3N. The first kappa shape index (κ1) is 9.67. The van der Waals surface area contributed by atoms with Crippen molar-refractivity contribution in [3.63, 3.8) is 0 Å². The molecule has 0 spiro atoms. The van der Waals surface area contributed by atoms with Crippen LogP contribution in [-0.2, 0) is 0 Å². The van der Waals surface area contributed by atoms with Crippen molar-refractivity contribution in [3.8, 4) is 6.07 Å². The Labute approximate surface area is 85.5 Å². The van der Waals surface area contributed by atoms with Crippen molar-refractivity contribution < 1.29 is 0 Å². The zero-order valence-corrected chi connectivity index (χ0v) is 8.16. The van der Waals surface area contributed by atoms with Crippen LogP contribution in [0, 0.1) is 11.3 Å². The smallest absolute Gasteiger partial charge is 0.148 e. The largest absolute Gasteiger partial charge is 0.196 e. The van der Waals surface area contributed by atoms with Gasteiger partial charge in [0.25, 0.3) is 0 Å². The number of alkyl halides is 1. The highest BCUT2D eigenvalue weighted by molar-refractivity contribution is 6.38. The van der Waals surface area contributed by atoms with Gasteiger partial charge >= 0.3 is 0 Å². The summed E-state index contributed by atoms with van der Waals surface area (Å²) in [6, 6.07) is 6.86. The van der Waals surface area contributed by atoms with Gasteiger partial charge in [-0.15, -0.1) is 11.6 Å². The third kappa shape index (κ3) is 1.84. The summed E-state index contributed by atoms with van der Waals surface area (Å²) in [5.74, 6) is 0. The number of halogens is 3. The summed E-state index contributed by atoms with van der Waals surface area (Å²) < 4.78 is 0. The third-order valence-electron chi connectivity index (χ3n) is 1.37.